The zero-order valence-corrected chi connectivity index (χ0v) is 17.4. The lowest BCUT2D eigenvalue weighted by molar-refractivity contribution is 0.261. The topological polar surface area (TPSA) is 28.5 Å². The van der Waals surface area contributed by atoms with E-state index in [4.69, 9.17) is 0 Å². The van der Waals surface area contributed by atoms with E-state index in [0.29, 0.717) is 0 Å². The Hall–Kier alpha value is -3.11. The molecule has 4 nitrogen and oxygen atoms in total. The van der Waals surface area contributed by atoms with Crippen LogP contribution in [0.15, 0.2) is 77.6 Å². The molecule has 1 aliphatic heterocycles. The quantitative estimate of drug-likeness (QED) is 0.520. The Balaban J connectivity index is 1.28. The molecule has 0 amide bonds. The van der Waals surface area contributed by atoms with Crippen molar-refractivity contribution in [1.82, 2.24) is 9.47 Å². The van der Waals surface area contributed by atoms with Crippen LogP contribution < -0.4 is 10.5 Å². The van der Waals surface area contributed by atoms with Crippen LogP contribution in [0.1, 0.15) is 5.56 Å². The fraction of sp³-hybridized carbons (Fsp3) is 0.269. The van der Waals surface area contributed by atoms with Gasteiger partial charge in [-0.2, -0.15) is 0 Å². The van der Waals surface area contributed by atoms with E-state index in [9.17, 15) is 4.79 Å². The number of para-hydroxylation sites is 1. The maximum absolute atomic E-state index is 12.4. The molecule has 4 aromatic rings. The molecule has 4 heteroatoms. The third-order valence-corrected chi connectivity index (χ3v) is 6.42. The van der Waals surface area contributed by atoms with E-state index in [1.165, 1.54) is 21.8 Å². The largest absolute Gasteiger partial charge is 0.368 e. The normalized spacial score (nSPS) is 15.2. The first kappa shape index (κ1) is 18.9. The number of piperazine rings is 1. The van der Waals surface area contributed by atoms with Crippen LogP contribution in [-0.2, 0) is 13.5 Å². The third kappa shape index (κ3) is 3.48. The summed E-state index contributed by atoms with van der Waals surface area (Å²) in [6.45, 7) is 5.15. The Morgan fingerprint density at radius 3 is 2.33 bits per heavy atom. The molecular formula is C26H27N3O. The van der Waals surface area contributed by atoms with Crippen molar-refractivity contribution in [2.24, 2.45) is 7.05 Å². The van der Waals surface area contributed by atoms with Crippen LogP contribution in [0.5, 0.6) is 0 Å². The van der Waals surface area contributed by atoms with Gasteiger partial charge in [0.05, 0.1) is 5.52 Å². The molecule has 0 atom stereocenters. The minimum absolute atomic E-state index is 0.0736. The van der Waals surface area contributed by atoms with Gasteiger partial charge in [-0.25, -0.2) is 0 Å². The second-order valence-electron chi connectivity index (χ2n) is 8.16. The summed E-state index contributed by atoms with van der Waals surface area (Å²) in [6.07, 6.45) is 0.908. The Bertz CT molecular complexity index is 1250. The molecule has 0 unspecified atom stereocenters. The smallest absolute Gasteiger partial charge is 0.251 e. The van der Waals surface area contributed by atoms with Crippen LogP contribution in [0.4, 0.5) is 5.69 Å². The summed E-state index contributed by atoms with van der Waals surface area (Å²) < 4.78 is 1.74. The molecule has 0 saturated carbocycles. The Morgan fingerprint density at radius 2 is 1.50 bits per heavy atom. The number of pyridine rings is 1. The zero-order chi connectivity index (χ0) is 20.5. The summed E-state index contributed by atoms with van der Waals surface area (Å²) >= 11 is 0. The second kappa shape index (κ2) is 7.96. The van der Waals surface area contributed by atoms with Crippen molar-refractivity contribution >= 4 is 27.4 Å². The van der Waals surface area contributed by atoms with Crippen molar-refractivity contribution < 1.29 is 0 Å². The van der Waals surface area contributed by atoms with E-state index >= 15 is 0 Å². The molecule has 1 saturated heterocycles. The lowest BCUT2D eigenvalue weighted by Gasteiger charge is -2.36. The summed E-state index contributed by atoms with van der Waals surface area (Å²) in [5.41, 5.74) is 3.58. The summed E-state index contributed by atoms with van der Waals surface area (Å²) in [5, 5.41) is 3.82. The van der Waals surface area contributed by atoms with Gasteiger partial charge in [0.25, 0.3) is 5.56 Å². The minimum Gasteiger partial charge on any atom is -0.368 e. The molecule has 2 heterocycles. The number of anilines is 1. The number of hydrogen-bond donors (Lipinski definition) is 0. The van der Waals surface area contributed by atoms with Crippen LogP contribution in [0.2, 0.25) is 0 Å². The Morgan fingerprint density at radius 1 is 0.800 bits per heavy atom. The maximum Gasteiger partial charge on any atom is 0.251 e. The van der Waals surface area contributed by atoms with E-state index in [1.807, 2.05) is 25.2 Å². The molecule has 0 bridgehead atoms. The summed E-state index contributed by atoms with van der Waals surface area (Å²) in [7, 11) is 1.85. The molecule has 3 aromatic carbocycles. The predicted molar refractivity (Wildman–Crippen MR) is 125 cm³/mol. The first-order valence-electron chi connectivity index (χ1n) is 10.7. The highest BCUT2D eigenvalue weighted by Gasteiger charge is 2.19. The predicted octanol–water partition coefficient (Wildman–Crippen LogP) is 4.06. The SMILES string of the molecule is Cn1c(=O)cc(CCN2CCN(c3cccc4ccccc34)CC2)c2ccccc21. The fourth-order valence-corrected chi connectivity index (χ4v) is 4.66. The number of aryl methyl sites for hydroxylation is 1. The van der Waals surface area contributed by atoms with Crippen molar-refractivity contribution in [1.29, 1.82) is 0 Å². The standard InChI is InChI=1S/C26H27N3O/c1-27-24-11-5-4-10-23(24)21(19-26(27)30)13-14-28-15-17-29(18-16-28)25-12-6-8-20-7-2-3-9-22(20)25/h2-12,19H,13-18H2,1H3. The minimum atomic E-state index is 0.0736. The maximum atomic E-state index is 12.4. The average Bonchev–Trinajstić information content (AvgIpc) is 2.80. The van der Waals surface area contributed by atoms with Crippen molar-refractivity contribution in [2.45, 2.75) is 6.42 Å². The van der Waals surface area contributed by atoms with Gasteiger partial charge in [0.15, 0.2) is 0 Å². The van der Waals surface area contributed by atoms with Gasteiger partial charge in [0, 0.05) is 62.3 Å². The van der Waals surface area contributed by atoms with Gasteiger partial charge in [0.1, 0.15) is 0 Å². The fourth-order valence-electron chi connectivity index (χ4n) is 4.66. The Kier molecular flexibility index (Phi) is 5.01. The number of rotatable bonds is 4. The highest BCUT2D eigenvalue weighted by Crippen LogP contribution is 2.27. The van der Waals surface area contributed by atoms with E-state index in [2.05, 4.69) is 64.4 Å². The zero-order valence-electron chi connectivity index (χ0n) is 17.4. The van der Waals surface area contributed by atoms with Crippen molar-refractivity contribution in [3.05, 3.63) is 88.7 Å². The van der Waals surface area contributed by atoms with Crippen LogP contribution in [-0.4, -0.2) is 42.2 Å². The number of fused-ring (bicyclic) bond motifs is 2. The number of hydrogen-bond acceptors (Lipinski definition) is 3. The molecule has 5 rings (SSSR count). The number of benzene rings is 3. The first-order chi connectivity index (χ1) is 14.7. The highest BCUT2D eigenvalue weighted by molar-refractivity contribution is 5.94. The molecule has 0 radical (unpaired) electrons. The molecule has 1 fully saturated rings. The monoisotopic (exact) mass is 397 g/mol. The van der Waals surface area contributed by atoms with Crippen LogP contribution in [0.25, 0.3) is 21.7 Å². The van der Waals surface area contributed by atoms with E-state index in [1.54, 1.807) is 4.57 Å². The average molecular weight is 398 g/mol. The second-order valence-corrected chi connectivity index (χ2v) is 8.16. The van der Waals surface area contributed by atoms with Gasteiger partial charge in [-0.3, -0.25) is 9.69 Å². The Labute approximate surface area is 177 Å². The van der Waals surface area contributed by atoms with Crippen molar-refractivity contribution in [3.8, 4) is 0 Å². The molecule has 0 N–H and O–H groups in total. The van der Waals surface area contributed by atoms with E-state index in [-0.39, 0.29) is 5.56 Å². The van der Waals surface area contributed by atoms with Gasteiger partial charge in [-0.1, -0.05) is 54.6 Å². The number of aromatic nitrogens is 1. The van der Waals surface area contributed by atoms with Gasteiger partial charge in [0.2, 0.25) is 0 Å². The van der Waals surface area contributed by atoms with E-state index in [0.717, 1.165) is 50.2 Å². The highest BCUT2D eigenvalue weighted by atomic mass is 16.1. The van der Waals surface area contributed by atoms with E-state index < -0.39 is 0 Å². The van der Waals surface area contributed by atoms with Crippen LogP contribution >= 0.6 is 0 Å². The molecule has 0 aliphatic carbocycles. The molecule has 152 valence electrons. The molecular weight excluding hydrogens is 370 g/mol. The molecule has 1 aromatic heterocycles. The molecule has 30 heavy (non-hydrogen) atoms. The first-order valence-corrected chi connectivity index (χ1v) is 10.7. The van der Waals surface area contributed by atoms with Gasteiger partial charge < -0.3 is 9.47 Å². The molecule has 0 spiro atoms. The van der Waals surface area contributed by atoms with Gasteiger partial charge >= 0.3 is 0 Å². The van der Waals surface area contributed by atoms with Crippen LogP contribution in [0.3, 0.4) is 0 Å². The lowest BCUT2D eigenvalue weighted by atomic mass is 10.1. The molecule has 1 aliphatic rings. The summed E-state index contributed by atoms with van der Waals surface area (Å²) in [6, 6.07) is 25.2. The summed E-state index contributed by atoms with van der Waals surface area (Å²) in [4.78, 5) is 17.4. The van der Waals surface area contributed by atoms with Crippen LogP contribution in [0, 0.1) is 0 Å². The lowest BCUT2D eigenvalue weighted by Crippen LogP contribution is -2.47. The third-order valence-electron chi connectivity index (χ3n) is 6.42. The van der Waals surface area contributed by atoms with Crippen molar-refractivity contribution in [3.63, 3.8) is 0 Å². The van der Waals surface area contributed by atoms with Crippen molar-refractivity contribution in [2.75, 3.05) is 37.6 Å². The van der Waals surface area contributed by atoms with Gasteiger partial charge in [-0.15, -0.1) is 0 Å². The van der Waals surface area contributed by atoms with Gasteiger partial charge in [-0.05, 0) is 29.5 Å². The number of nitrogens with zero attached hydrogens (tertiary/aromatic N) is 3. The summed E-state index contributed by atoms with van der Waals surface area (Å²) in [5.74, 6) is 0.